The lowest BCUT2D eigenvalue weighted by Gasteiger charge is -2.58. The smallest absolute Gasteiger partial charge is 0.257 e. The number of hydrogen-bond acceptors (Lipinski definition) is 5. The van der Waals surface area contributed by atoms with Gasteiger partial charge in [0.05, 0.1) is 33.0 Å². The summed E-state index contributed by atoms with van der Waals surface area (Å²) in [6, 6.07) is 6.08. The van der Waals surface area contributed by atoms with Crippen LogP contribution < -0.4 is 9.47 Å². The van der Waals surface area contributed by atoms with Crippen LogP contribution in [-0.4, -0.2) is 75.4 Å². The number of piperidine rings is 1. The number of methoxy groups -OCH3 is 2. The molecular formula is C21H30N2O4. The maximum absolute atomic E-state index is 13.1. The Labute approximate surface area is 161 Å². The molecule has 1 spiro atoms. The number of nitrogens with zero attached hydrogens (tertiary/aromatic N) is 2. The van der Waals surface area contributed by atoms with Crippen molar-refractivity contribution in [1.82, 2.24) is 9.80 Å². The third kappa shape index (κ3) is 3.41. The van der Waals surface area contributed by atoms with E-state index in [1.807, 2.05) is 17.0 Å². The van der Waals surface area contributed by atoms with Gasteiger partial charge in [0, 0.05) is 38.3 Å². The lowest BCUT2D eigenvalue weighted by Crippen LogP contribution is -2.61. The first-order valence-electron chi connectivity index (χ1n) is 10.00. The summed E-state index contributed by atoms with van der Waals surface area (Å²) in [5, 5.41) is 0. The Hall–Kier alpha value is -1.79. The molecule has 2 aliphatic heterocycles. The van der Waals surface area contributed by atoms with Gasteiger partial charge in [0.1, 0.15) is 11.5 Å². The Morgan fingerprint density at radius 3 is 2.41 bits per heavy atom. The number of carbonyl (C=O) groups is 1. The highest BCUT2D eigenvalue weighted by molar-refractivity contribution is 5.97. The second kappa shape index (κ2) is 7.68. The molecule has 1 aromatic rings. The van der Waals surface area contributed by atoms with Crippen molar-refractivity contribution in [2.75, 3.05) is 53.6 Å². The normalized spacial score (nSPS) is 25.1. The quantitative estimate of drug-likeness (QED) is 0.810. The van der Waals surface area contributed by atoms with E-state index in [-0.39, 0.29) is 5.91 Å². The first kappa shape index (κ1) is 18.6. The third-order valence-corrected chi connectivity index (χ3v) is 6.79. The van der Waals surface area contributed by atoms with E-state index in [1.54, 1.807) is 20.3 Å². The zero-order chi connectivity index (χ0) is 18.9. The molecule has 1 atom stereocenters. The van der Waals surface area contributed by atoms with Crippen molar-refractivity contribution in [1.29, 1.82) is 0 Å². The number of amides is 1. The van der Waals surface area contributed by atoms with E-state index in [2.05, 4.69) is 4.90 Å². The van der Waals surface area contributed by atoms with Gasteiger partial charge in [-0.2, -0.15) is 0 Å². The van der Waals surface area contributed by atoms with Crippen molar-refractivity contribution >= 4 is 5.91 Å². The van der Waals surface area contributed by atoms with Crippen LogP contribution >= 0.6 is 0 Å². The minimum atomic E-state index is 0.0617. The van der Waals surface area contributed by atoms with Gasteiger partial charge in [-0.3, -0.25) is 9.69 Å². The molecule has 6 nitrogen and oxygen atoms in total. The molecule has 1 unspecified atom stereocenters. The highest BCUT2D eigenvalue weighted by atomic mass is 16.5. The number of likely N-dealkylation sites (tertiary alicyclic amines) is 1. The van der Waals surface area contributed by atoms with E-state index in [1.165, 1.54) is 12.8 Å². The van der Waals surface area contributed by atoms with Crippen LogP contribution in [0.4, 0.5) is 0 Å². The van der Waals surface area contributed by atoms with Gasteiger partial charge in [0.15, 0.2) is 0 Å². The Morgan fingerprint density at radius 2 is 1.81 bits per heavy atom. The molecule has 1 aromatic carbocycles. The fourth-order valence-corrected chi connectivity index (χ4v) is 5.02. The molecule has 148 valence electrons. The van der Waals surface area contributed by atoms with Crippen molar-refractivity contribution in [3.63, 3.8) is 0 Å². The molecule has 2 heterocycles. The van der Waals surface area contributed by atoms with Crippen LogP contribution in [0.3, 0.4) is 0 Å². The summed E-state index contributed by atoms with van der Waals surface area (Å²) < 4.78 is 16.2. The average molecular weight is 374 g/mol. The SMILES string of the molecule is COc1ccc(C(=O)N2CCC3(CCC3N3CCOCC3)CC2)c(OC)c1. The monoisotopic (exact) mass is 374 g/mol. The van der Waals surface area contributed by atoms with Gasteiger partial charge in [-0.25, -0.2) is 0 Å². The molecule has 0 N–H and O–H groups in total. The predicted octanol–water partition coefficient (Wildman–Crippen LogP) is 2.42. The molecule has 2 saturated heterocycles. The van der Waals surface area contributed by atoms with E-state index in [0.717, 1.165) is 52.2 Å². The molecule has 6 heteroatoms. The van der Waals surface area contributed by atoms with E-state index in [4.69, 9.17) is 14.2 Å². The van der Waals surface area contributed by atoms with Crippen LogP contribution in [0.25, 0.3) is 0 Å². The predicted molar refractivity (Wildman–Crippen MR) is 103 cm³/mol. The Kier molecular flexibility index (Phi) is 5.28. The summed E-state index contributed by atoms with van der Waals surface area (Å²) in [5.41, 5.74) is 1.02. The zero-order valence-electron chi connectivity index (χ0n) is 16.4. The van der Waals surface area contributed by atoms with E-state index in [9.17, 15) is 4.79 Å². The second-order valence-corrected chi connectivity index (χ2v) is 7.92. The van der Waals surface area contributed by atoms with Gasteiger partial charge in [0.25, 0.3) is 5.91 Å². The standard InChI is InChI=1S/C21H30N2O4/c1-25-16-3-4-17(18(15-16)26-2)20(24)23-9-7-21(8-10-23)6-5-19(21)22-11-13-27-14-12-22/h3-4,15,19H,5-14H2,1-2H3. The summed E-state index contributed by atoms with van der Waals surface area (Å²) in [5.74, 6) is 1.34. The summed E-state index contributed by atoms with van der Waals surface area (Å²) in [7, 11) is 3.21. The van der Waals surface area contributed by atoms with Gasteiger partial charge >= 0.3 is 0 Å². The molecule has 3 fully saturated rings. The number of benzene rings is 1. The minimum Gasteiger partial charge on any atom is -0.497 e. The van der Waals surface area contributed by atoms with Crippen molar-refractivity contribution in [3.05, 3.63) is 23.8 Å². The summed E-state index contributed by atoms with van der Waals surface area (Å²) >= 11 is 0. The molecule has 1 aliphatic carbocycles. The first-order chi connectivity index (χ1) is 13.2. The van der Waals surface area contributed by atoms with Crippen LogP contribution in [0.2, 0.25) is 0 Å². The van der Waals surface area contributed by atoms with Crippen LogP contribution in [-0.2, 0) is 4.74 Å². The van der Waals surface area contributed by atoms with Gasteiger partial charge in [-0.15, -0.1) is 0 Å². The highest BCUT2D eigenvalue weighted by Crippen LogP contribution is 2.51. The highest BCUT2D eigenvalue weighted by Gasteiger charge is 2.51. The summed E-state index contributed by atoms with van der Waals surface area (Å²) in [6.45, 7) is 5.48. The molecule has 0 aromatic heterocycles. The molecule has 3 aliphatic rings. The Morgan fingerprint density at radius 1 is 1.07 bits per heavy atom. The van der Waals surface area contributed by atoms with Crippen LogP contribution in [0.1, 0.15) is 36.0 Å². The van der Waals surface area contributed by atoms with Crippen LogP contribution in [0.5, 0.6) is 11.5 Å². The fourth-order valence-electron chi connectivity index (χ4n) is 5.02. The molecular weight excluding hydrogens is 344 g/mol. The van der Waals surface area contributed by atoms with Crippen molar-refractivity contribution in [3.8, 4) is 11.5 Å². The van der Waals surface area contributed by atoms with E-state index >= 15 is 0 Å². The minimum absolute atomic E-state index is 0.0617. The number of rotatable bonds is 4. The fraction of sp³-hybridized carbons (Fsp3) is 0.667. The molecule has 4 rings (SSSR count). The van der Waals surface area contributed by atoms with Crippen molar-refractivity contribution in [2.24, 2.45) is 5.41 Å². The Balaban J connectivity index is 1.41. The molecule has 0 radical (unpaired) electrons. The van der Waals surface area contributed by atoms with E-state index in [0.29, 0.717) is 28.5 Å². The van der Waals surface area contributed by atoms with Gasteiger partial charge in [-0.1, -0.05) is 0 Å². The van der Waals surface area contributed by atoms with Gasteiger partial charge in [-0.05, 0) is 43.2 Å². The molecule has 1 saturated carbocycles. The number of carbonyl (C=O) groups excluding carboxylic acids is 1. The summed E-state index contributed by atoms with van der Waals surface area (Å²) in [4.78, 5) is 17.7. The largest absolute Gasteiger partial charge is 0.497 e. The summed E-state index contributed by atoms with van der Waals surface area (Å²) in [6.07, 6.45) is 4.78. The zero-order valence-corrected chi connectivity index (χ0v) is 16.4. The lowest BCUT2D eigenvalue weighted by atomic mass is 9.58. The Bertz CT molecular complexity index is 679. The lowest BCUT2D eigenvalue weighted by molar-refractivity contribution is -0.0937. The van der Waals surface area contributed by atoms with Crippen molar-refractivity contribution in [2.45, 2.75) is 31.7 Å². The molecule has 1 amide bonds. The maximum Gasteiger partial charge on any atom is 0.257 e. The average Bonchev–Trinajstić information content (AvgIpc) is 2.72. The number of morpholine rings is 1. The topological polar surface area (TPSA) is 51.2 Å². The van der Waals surface area contributed by atoms with E-state index < -0.39 is 0 Å². The molecule has 0 bridgehead atoms. The first-order valence-corrected chi connectivity index (χ1v) is 10.00. The maximum atomic E-state index is 13.1. The number of hydrogen-bond donors (Lipinski definition) is 0. The van der Waals surface area contributed by atoms with Gasteiger partial charge in [0.2, 0.25) is 0 Å². The van der Waals surface area contributed by atoms with Gasteiger partial charge < -0.3 is 19.1 Å². The number of ether oxygens (including phenoxy) is 3. The second-order valence-electron chi connectivity index (χ2n) is 7.92. The molecule has 27 heavy (non-hydrogen) atoms. The van der Waals surface area contributed by atoms with Crippen LogP contribution in [0, 0.1) is 5.41 Å². The van der Waals surface area contributed by atoms with Crippen LogP contribution in [0.15, 0.2) is 18.2 Å². The van der Waals surface area contributed by atoms with Crippen molar-refractivity contribution < 1.29 is 19.0 Å². The third-order valence-electron chi connectivity index (χ3n) is 6.79.